The van der Waals surface area contributed by atoms with E-state index in [1.807, 2.05) is 18.2 Å². The average molecular weight is 460 g/mol. The normalized spacial score (nSPS) is 11.1. The van der Waals surface area contributed by atoms with Gasteiger partial charge in [-0.1, -0.05) is 31.5 Å². The first kappa shape index (κ1) is 23.2. The highest BCUT2D eigenvalue weighted by molar-refractivity contribution is 6.06. The summed E-state index contributed by atoms with van der Waals surface area (Å²) in [5, 5.41) is 9.53. The molecule has 0 saturated carbocycles. The van der Waals surface area contributed by atoms with Crippen molar-refractivity contribution in [2.24, 2.45) is 5.18 Å². The molecule has 0 atom stereocenters. The molecule has 4 rings (SSSR count). The molecule has 4 aromatic rings. The zero-order valence-electron chi connectivity index (χ0n) is 19.3. The Hall–Kier alpha value is -4.01. The van der Waals surface area contributed by atoms with Crippen LogP contribution in [0.3, 0.4) is 0 Å². The topological polar surface area (TPSA) is 127 Å². The number of aryl methyl sites for hydroxylation is 2. The van der Waals surface area contributed by atoms with Crippen LogP contribution in [0.15, 0.2) is 53.7 Å². The van der Waals surface area contributed by atoms with Crippen molar-refractivity contribution in [3.8, 4) is 0 Å². The third-order valence-corrected chi connectivity index (χ3v) is 5.77. The van der Waals surface area contributed by atoms with Crippen LogP contribution in [0.1, 0.15) is 38.4 Å². The Kier molecular flexibility index (Phi) is 7.31. The molecule has 2 aromatic heterocycles. The van der Waals surface area contributed by atoms with Crippen LogP contribution in [0.5, 0.6) is 0 Å². The van der Waals surface area contributed by atoms with Crippen LogP contribution in [-0.4, -0.2) is 27.1 Å². The summed E-state index contributed by atoms with van der Waals surface area (Å²) in [5.74, 6) is 1.49. The van der Waals surface area contributed by atoms with E-state index in [1.54, 1.807) is 24.3 Å². The molecule has 176 valence electrons. The molecule has 0 spiro atoms. The first-order chi connectivity index (χ1) is 16.6. The predicted molar refractivity (Wildman–Crippen MR) is 136 cm³/mol. The third kappa shape index (κ3) is 5.14. The highest BCUT2D eigenvalue weighted by atomic mass is 16.3. The van der Waals surface area contributed by atoms with E-state index in [2.05, 4.69) is 38.4 Å². The van der Waals surface area contributed by atoms with Gasteiger partial charge in [0.1, 0.15) is 17.0 Å². The maximum Gasteiger partial charge on any atom is 0.319 e. The van der Waals surface area contributed by atoms with Crippen molar-refractivity contribution in [3.63, 3.8) is 0 Å². The molecule has 0 unspecified atom stereocenters. The summed E-state index contributed by atoms with van der Waals surface area (Å²) in [6, 6.07) is 14.1. The van der Waals surface area contributed by atoms with Crippen LogP contribution < -0.4 is 16.4 Å². The molecule has 0 fully saturated rings. The number of carbonyl (C=O) groups is 1. The van der Waals surface area contributed by atoms with E-state index >= 15 is 0 Å². The number of urea groups is 1. The Labute approximate surface area is 197 Å². The minimum absolute atomic E-state index is 0.284. The molecule has 0 bridgehead atoms. The molecule has 0 aliphatic rings. The molecule has 0 aliphatic heterocycles. The number of nitrogens with one attached hydrogen (secondary N) is 2. The van der Waals surface area contributed by atoms with Gasteiger partial charge in [0.15, 0.2) is 5.82 Å². The maximum atomic E-state index is 12.1. The zero-order valence-corrected chi connectivity index (χ0v) is 19.3. The summed E-state index contributed by atoms with van der Waals surface area (Å²) in [6.07, 6.45) is 4.72. The Morgan fingerprint density at radius 2 is 1.85 bits per heavy atom. The van der Waals surface area contributed by atoms with E-state index in [4.69, 9.17) is 10.7 Å². The second-order valence-corrected chi connectivity index (χ2v) is 8.22. The van der Waals surface area contributed by atoms with Gasteiger partial charge in [-0.3, -0.25) is 0 Å². The van der Waals surface area contributed by atoms with Gasteiger partial charge >= 0.3 is 6.03 Å². The van der Waals surface area contributed by atoms with Crippen LogP contribution in [0, 0.1) is 4.91 Å². The lowest BCUT2D eigenvalue weighted by Gasteiger charge is -2.12. The highest BCUT2D eigenvalue weighted by Crippen LogP contribution is 2.29. The lowest BCUT2D eigenvalue weighted by Crippen LogP contribution is -2.29. The number of benzene rings is 2. The third-order valence-electron chi connectivity index (χ3n) is 5.77. The number of aromatic nitrogens is 3. The summed E-state index contributed by atoms with van der Waals surface area (Å²) in [4.78, 5) is 32.0. The van der Waals surface area contributed by atoms with Crippen molar-refractivity contribution >= 4 is 45.2 Å². The molecule has 2 heterocycles. The summed E-state index contributed by atoms with van der Waals surface area (Å²) >= 11 is 0. The van der Waals surface area contributed by atoms with Crippen LogP contribution in [0.2, 0.25) is 0 Å². The number of anilines is 2. The molecule has 2 amide bonds. The number of pyridine rings is 1. The average Bonchev–Trinajstić information content (AvgIpc) is 3.22. The number of nitrogens with zero attached hydrogens (tertiary/aromatic N) is 4. The maximum absolute atomic E-state index is 12.1. The Morgan fingerprint density at radius 1 is 1.06 bits per heavy atom. The number of nitrogen functional groups attached to an aromatic ring is 1. The number of carbonyl (C=O) groups excluding carboxylic acids is 1. The van der Waals surface area contributed by atoms with Gasteiger partial charge in [0.05, 0.1) is 11.0 Å². The van der Waals surface area contributed by atoms with Crippen LogP contribution >= 0.6 is 0 Å². The van der Waals surface area contributed by atoms with E-state index in [0.717, 1.165) is 66.4 Å². The fraction of sp³-hybridized carbons (Fsp3) is 0.320. The smallest absolute Gasteiger partial charge is 0.319 e. The fourth-order valence-corrected chi connectivity index (χ4v) is 4.05. The Bertz CT molecular complexity index is 1300. The van der Waals surface area contributed by atoms with E-state index in [-0.39, 0.29) is 6.03 Å². The number of hydrogen-bond acceptors (Lipinski definition) is 6. The van der Waals surface area contributed by atoms with Crippen LogP contribution in [0.4, 0.5) is 22.0 Å². The number of nitrogens with two attached hydrogens (primary N) is 1. The van der Waals surface area contributed by atoms with E-state index in [9.17, 15) is 9.70 Å². The number of unbranched alkanes of at least 4 members (excludes halogenated alkanes) is 2. The van der Waals surface area contributed by atoms with Gasteiger partial charge in [-0.05, 0) is 54.8 Å². The molecule has 0 aliphatic carbocycles. The lowest BCUT2D eigenvalue weighted by molar-refractivity contribution is 0.252. The van der Waals surface area contributed by atoms with Crippen molar-refractivity contribution in [1.82, 2.24) is 19.9 Å². The Morgan fingerprint density at radius 3 is 2.62 bits per heavy atom. The molecule has 0 saturated heterocycles. The summed E-state index contributed by atoms with van der Waals surface area (Å²) in [5.41, 5.74) is 9.85. The molecular formula is C25H29N7O2. The van der Waals surface area contributed by atoms with Gasteiger partial charge in [-0.25, -0.2) is 14.8 Å². The second kappa shape index (κ2) is 10.7. The number of imidazole rings is 1. The van der Waals surface area contributed by atoms with Crippen molar-refractivity contribution in [2.45, 2.75) is 45.6 Å². The minimum Gasteiger partial charge on any atom is -0.382 e. The first-order valence-electron chi connectivity index (χ1n) is 11.6. The van der Waals surface area contributed by atoms with Crippen molar-refractivity contribution < 1.29 is 4.79 Å². The SMILES string of the molecule is CCCCc1nc2c(N)nc3ccccc3c2n1CCCCNC(=O)Nc1ccc(N=O)cc1. The summed E-state index contributed by atoms with van der Waals surface area (Å²) < 4.78 is 2.27. The molecule has 34 heavy (non-hydrogen) atoms. The lowest BCUT2D eigenvalue weighted by atomic mass is 10.2. The van der Waals surface area contributed by atoms with Crippen molar-refractivity contribution in [3.05, 3.63) is 59.3 Å². The van der Waals surface area contributed by atoms with Crippen molar-refractivity contribution in [1.29, 1.82) is 0 Å². The standard InChI is InChI=1S/C25H29N7O2/c1-2-3-10-21-30-22-23(19-8-4-5-9-20(19)29-24(22)26)32(21)16-7-6-15-27-25(33)28-17-11-13-18(31-34)14-12-17/h4-5,8-9,11-14H,2-3,6-7,10,15-16H2,1H3,(H2,26,29)(H2,27,28,33). The summed E-state index contributed by atoms with van der Waals surface area (Å²) in [7, 11) is 0. The van der Waals surface area contributed by atoms with Gasteiger partial charge in [0.25, 0.3) is 0 Å². The number of hydrogen-bond donors (Lipinski definition) is 3. The number of rotatable bonds is 10. The van der Waals surface area contributed by atoms with Crippen molar-refractivity contribution in [2.75, 3.05) is 17.6 Å². The monoisotopic (exact) mass is 459 g/mol. The number of nitroso groups, excluding NO2 is 1. The molecule has 9 heteroatoms. The zero-order chi connectivity index (χ0) is 23.9. The van der Waals surface area contributed by atoms with Gasteiger partial charge in [0.2, 0.25) is 0 Å². The van der Waals surface area contributed by atoms with Crippen LogP contribution in [-0.2, 0) is 13.0 Å². The largest absolute Gasteiger partial charge is 0.382 e. The molecule has 2 aromatic carbocycles. The minimum atomic E-state index is -0.284. The molecule has 4 N–H and O–H groups in total. The fourth-order valence-electron chi connectivity index (χ4n) is 4.05. The molecule has 0 radical (unpaired) electrons. The first-order valence-corrected chi connectivity index (χ1v) is 11.6. The predicted octanol–water partition coefficient (Wildman–Crippen LogP) is 5.51. The Balaban J connectivity index is 1.41. The van der Waals surface area contributed by atoms with Gasteiger partial charge < -0.3 is 20.9 Å². The van der Waals surface area contributed by atoms with Crippen LogP contribution in [0.25, 0.3) is 21.9 Å². The quantitative estimate of drug-likeness (QED) is 0.213. The van der Waals surface area contributed by atoms with Gasteiger partial charge in [-0.2, -0.15) is 0 Å². The molecule has 9 nitrogen and oxygen atoms in total. The number of fused-ring (bicyclic) bond motifs is 3. The summed E-state index contributed by atoms with van der Waals surface area (Å²) in [6.45, 7) is 3.50. The second-order valence-electron chi connectivity index (χ2n) is 8.22. The van der Waals surface area contributed by atoms with Gasteiger partial charge in [0, 0.05) is 30.6 Å². The molecular weight excluding hydrogens is 430 g/mol. The van der Waals surface area contributed by atoms with E-state index in [1.165, 1.54) is 0 Å². The van der Waals surface area contributed by atoms with E-state index < -0.39 is 0 Å². The van der Waals surface area contributed by atoms with E-state index in [0.29, 0.717) is 23.7 Å². The van der Waals surface area contributed by atoms with Gasteiger partial charge in [-0.15, -0.1) is 4.91 Å². The highest BCUT2D eigenvalue weighted by Gasteiger charge is 2.16. The number of amides is 2. The number of para-hydroxylation sites is 1.